The van der Waals surface area contributed by atoms with Crippen molar-refractivity contribution in [3.8, 4) is 5.75 Å². The molecule has 0 spiro atoms. The zero-order valence-electron chi connectivity index (χ0n) is 20.2. The molecule has 4 nitrogen and oxygen atoms in total. The van der Waals surface area contributed by atoms with Gasteiger partial charge in [-0.1, -0.05) is 113 Å². The van der Waals surface area contributed by atoms with E-state index >= 15 is 0 Å². The summed E-state index contributed by atoms with van der Waals surface area (Å²) in [5.41, 5.74) is 5.92. The maximum absolute atomic E-state index is 10.8. The van der Waals surface area contributed by atoms with Crippen molar-refractivity contribution in [1.82, 2.24) is 15.4 Å². The Labute approximate surface area is 201 Å². The molecule has 5 aromatic rings. The Hall–Kier alpha value is -3.92. The summed E-state index contributed by atoms with van der Waals surface area (Å²) < 4.78 is 0. The summed E-state index contributed by atoms with van der Waals surface area (Å²) in [6, 6.07) is 34.5. The van der Waals surface area contributed by atoms with Crippen molar-refractivity contribution in [3.05, 3.63) is 125 Å². The number of nitrogens with zero attached hydrogens (tertiary/aromatic N) is 2. The van der Waals surface area contributed by atoms with Crippen molar-refractivity contribution >= 4 is 11.0 Å². The van der Waals surface area contributed by atoms with Crippen molar-refractivity contribution in [2.75, 3.05) is 0 Å². The number of benzene rings is 4. The second-order valence-corrected chi connectivity index (χ2v) is 9.49. The smallest absolute Gasteiger partial charge is 0.119 e. The molecule has 0 bridgehead atoms. The van der Waals surface area contributed by atoms with Crippen LogP contribution in [0.3, 0.4) is 0 Å². The molecule has 2 N–H and O–H groups in total. The minimum Gasteiger partial charge on any atom is -0.508 e. The fourth-order valence-corrected chi connectivity index (χ4v) is 4.51. The summed E-state index contributed by atoms with van der Waals surface area (Å²) in [4.78, 5) is 0. The summed E-state index contributed by atoms with van der Waals surface area (Å²) in [6.45, 7) is 8.81. The van der Waals surface area contributed by atoms with Crippen LogP contribution in [0.1, 0.15) is 49.9 Å². The van der Waals surface area contributed by atoms with Gasteiger partial charge in [0.05, 0.1) is 0 Å². The fourth-order valence-electron chi connectivity index (χ4n) is 4.51. The molecule has 0 saturated heterocycles. The van der Waals surface area contributed by atoms with Crippen molar-refractivity contribution in [2.24, 2.45) is 0 Å². The highest BCUT2D eigenvalue weighted by atomic mass is 16.3. The van der Waals surface area contributed by atoms with Crippen LogP contribution < -0.4 is 0 Å². The largest absolute Gasteiger partial charge is 0.508 e. The molecule has 1 heterocycles. The Kier molecular flexibility index (Phi) is 6.51. The number of rotatable bonds is 4. The summed E-state index contributed by atoms with van der Waals surface area (Å²) >= 11 is 0. The molecular weight excluding hydrogens is 418 g/mol. The lowest BCUT2D eigenvalue weighted by Crippen LogP contribution is -2.28. The van der Waals surface area contributed by atoms with Gasteiger partial charge < -0.3 is 5.11 Å². The van der Waals surface area contributed by atoms with Crippen LogP contribution in [0.4, 0.5) is 0 Å². The molecule has 0 amide bonds. The van der Waals surface area contributed by atoms with E-state index in [1.807, 2.05) is 42.5 Å². The zero-order valence-corrected chi connectivity index (χ0v) is 20.2. The molecule has 0 radical (unpaired) electrons. The lowest BCUT2D eigenvalue weighted by molar-refractivity contribution is 0.445. The Morgan fingerprint density at radius 3 is 1.56 bits per heavy atom. The van der Waals surface area contributed by atoms with E-state index < -0.39 is 0 Å². The Bertz CT molecular complexity index is 1330. The van der Waals surface area contributed by atoms with Gasteiger partial charge in [-0.05, 0) is 34.9 Å². The Morgan fingerprint density at radius 1 is 0.559 bits per heavy atom. The second-order valence-electron chi connectivity index (χ2n) is 9.49. The molecule has 0 saturated carbocycles. The lowest BCUT2D eigenvalue weighted by Gasteiger charge is -2.35. The van der Waals surface area contributed by atoms with E-state index in [-0.39, 0.29) is 10.8 Å². The summed E-state index contributed by atoms with van der Waals surface area (Å²) in [6.07, 6.45) is 0. The van der Waals surface area contributed by atoms with Crippen LogP contribution in [0.2, 0.25) is 0 Å². The molecule has 5 rings (SSSR count). The molecule has 0 atom stereocenters. The first-order chi connectivity index (χ1) is 16.3. The molecular formula is C30H31N3O. The van der Waals surface area contributed by atoms with E-state index in [9.17, 15) is 5.11 Å². The van der Waals surface area contributed by atoms with Gasteiger partial charge in [-0.2, -0.15) is 15.4 Å². The predicted molar refractivity (Wildman–Crippen MR) is 139 cm³/mol. The van der Waals surface area contributed by atoms with E-state index in [0.29, 0.717) is 5.75 Å². The van der Waals surface area contributed by atoms with Crippen LogP contribution in [0.15, 0.2) is 103 Å². The number of aromatic nitrogens is 3. The number of hydrogen-bond acceptors (Lipinski definition) is 3. The molecule has 34 heavy (non-hydrogen) atoms. The summed E-state index contributed by atoms with van der Waals surface area (Å²) in [5, 5.41) is 21.1. The first-order valence-electron chi connectivity index (χ1n) is 11.5. The average Bonchev–Trinajstić information content (AvgIpc) is 3.34. The first kappa shape index (κ1) is 23.2. The third-order valence-electron chi connectivity index (χ3n) is 6.55. The number of nitrogens with one attached hydrogen (secondary N) is 1. The average molecular weight is 450 g/mol. The third kappa shape index (κ3) is 4.58. The highest BCUT2D eigenvalue weighted by molar-refractivity contribution is 5.72. The molecule has 0 unspecified atom stereocenters. The zero-order chi connectivity index (χ0) is 24.2. The number of fused-ring (bicyclic) bond motifs is 1. The maximum atomic E-state index is 10.8. The van der Waals surface area contributed by atoms with Gasteiger partial charge in [0.2, 0.25) is 0 Å². The lowest BCUT2D eigenvalue weighted by atomic mass is 9.68. The van der Waals surface area contributed by atoms with E-state index in [1.165, 1.54) is 11.1 Å². The fraction of sp³-hybridized carbons (Fsp3) is 0.200. The summed E-state index contributed by atoms with van der Waals surface area (Å²) in [7, 11) is 0. The molecule has 4 aromatic carbocycles. The monoisotopic (exact) mass is 449 g/mol. The van der Waals surface area contributed by atoms with E-state index in [4.69, 9.17) is 0 Å². The van der Waals surface area contributed by atoms with Gasteiger partial charge >= 0.3 is 0 Å². The van der Waals surface area contributed by atoms with Crippen LogP contribution >= 0.6 is 0 Å². The molecule has 4 heteroatoms. The first-order valence-corrected chi connectivity index (χ1v) is 11.5. The number of para-hydroxylation sites is 2. The second kappa shape index (κ2) is 9.52. The van der Waals surface area contributed by atoms with Gasteiger partial charge in [0.15, 0.2) is 0 Å². The van der Waals surface area contributed by atoms with Gasteiger partial charge in [0, 0.05) is 16.4 Å². The summed E-state index contributed by atoms with van der Waals surface area (Å²) in [5.74, 6) is 0.357. The van der Waals surface area contributed by atoms with E-state index in [1.54, 1.807) is 6.07 Å². The standard InChI is InChI=1S/C24H26O.C6H5N3/c1-23(2,18-12-7-5-8-13-18)20-16-11-17-21(25)22(20)24(3,4)19-14-9-6-10-15-19;1-2-4-6-5(3-1)7-9-8-6/h5-17,25H,1-4H3;1-4H,(H,7,8,9). The van der Waals surface area contributed by atoms with E-state index in [2.05, 4.69) is 97.7 Å². The minimum absolute atomic E-state index is 0.207. The number of phenols is 1. The predicted octanol–water partition coefficient (Wildman–Crippen LogP) is 7.00. The van der Waals surface area contributed by atoms with Gasteiger partial charge in [-0.25, -0.2) is 0 Å². The number of phenolic OH excluding ortho intramolecular Hbond substituents is 1. The number of aromatic amines is 1. The number of H-pyrrole nitrogens is 1. The van der Waals surface area contributed by atoms with E-state index in [0.717, 1.165) is 22.2 Å². The normalized spacial score (nSPS) is 11.6. The molecule has 172 valence electrons. The Balaban J connectivity index is 0.000000252. The number of aromatic hydroxyl groups is 1. The quantitative estimate of drug-likeness (QED) is 0.310. The molecule has 0 fully saturated rings. The van der Waals surface area contributed by atoms with Crippen molar-refractivity contribution < 1.29 is 5.11 Å². The Morgan fingerprint density at radius 2 is 1.03 bits per heavy atom. The third-order valence-corrected chi connectivity index (χ3v) is 6.55. The van der Waals surface area contributed by atoms with Gasteiger partial charge in [-0.15, -0.1) is 0 Å². The molecule has 1 aromatic heterocycles. The topological polar surface area (TPSA) is 61.8 Å². The highest BCUT2D eigenvalue weighted by Gasteiger charge is 2.34. The number of hydrogen-bond donors (Lipinski definition) is 2. The van der Waals surface area contributed by atoms with Crippen LogP contribution in [-0.2, 0) is 10.8 Å². The van der Waals surface area contributed by atoms with Crippen LogP contribution in [-0.4, -0.2) is 20.5 Å². The minimum atomic E-state index is -0.298. The van der Waals surface area contributed by atoms with Crippen molar-refractivity contribution in [1.29, 1.82) is 0 Å². The van der Waals surface area contributed by atoms with Crippen LogP contribution in [0.25, 0.3) is 11.0 Å². The van der Waals surface area contributed by atoms with Crippen LogP contribution in [0.5, 0.6) is 5.75 Å². The molecule has 0 aliphatic heterocycles. The van der Waals surface area contributed by atoms with Gasteiger partial charge in [-0.3, -0.25) is 0 Å². The van der Waals surface area contributed by atoms with Crippen molar-refractivity contribution in [2.45, 2.75) is 38.5 Å². The molecule has 0 aliphatic carbocycles. The van der Waals surface area contributed by atoms with Crippen molar-refractivity contribution in [3.63, 3.8) is 0 Å². The van der Waals surface area contributed by atoms with Crippen LogP contribution in [0, 0.1) is 0 Å². The SMILES string of the molecule is CC(C)(c1ccccc1)c1cccc(O)c1C(C)(C)c1ccccc1.c1ccc2n[nH]nc2c1. The van der Waals surface area contributed by atoms with Gasteiger partial charge in [0.25, 0.3) is 0 Å². The highest BCUT2D eigenvalue weighted by Crippen LogP contribution is 2.44. The maximum Gasteiger partial charge on any atom is 0.119 e. The molecule has 0 aliphatic rings. The van der Waals surface area contributed by atoms with Gasteiger partial charge in [0.1, 0.15) is 16.8 Å².